The van der Waals surface area contributed by atoms with Crippen molar-refractivity contribution in [1.29, 1.82) is 0 Å². The summed E-state index contributed by atoms with van der Waals surface area (Å²) in [6, 6.07) is 0. The molecule has 1 aliphatic rings. The largest absolute Gasteiger partial charge is 0.177 e. The summed E-state index contributed by atoms with van der Waals surface area (Å²) >= 11 is 2.49. The normalized spacial score (nSPS) is 13.1. The van der Waals surface area contributed by atoms with Gasteiger partial charge in [0.05, 0.1) is 34.8 Å². The molecule has 6 heteroatoms. The molecule has 0 spiro atoms. The zero-order valence-electron chi connectivity index (χ0n) is 5.31. The highest BCUT2D eigenvalue weighted by Crippen LogP contribution is 2.32. The van der Waals surface area contributed by atoms with Gasteiger partial charge in [-0.15, -0.1) is 0 Å². The Balaban J connectivity index is 2.38. The second kappa shape index (κ2) is 1.83. The second-order valence-electron chi connectivity index (χ2n) is 2.30. The van der Waals surface area contributed by atoms with Crippen molar-refractivity contribution < 1.29 is 0 Å². The van der Waals surface area contributed by atoms with Crippen LogP contribution in [0.25, 0.3) is 11.4 Å². The summed E-state index contributed by atoms with van der Waals surface area (Å²) in [5, 5.41) is 0. The van der Waals surface area contributed by atoms with Crippen LogP contribution in [-0.2, 0) is 6.42 Å². The first-order chi connectivity index (χ1) is 5.45. The molecule has 0 amide bonds. The number of rotatable bonds is 0. The quantitative estimate of drug-likeness (QED) is 0.519. The first-order valence-corrected chi connectivity index (χ1v) is 4.54. The van der Waals surface area contributed by atoms with Gasteiger partial charge in [-0.1, -0.05) is 0 Å². The van der Waals surface area contributed by atoms with Crippen LogP contribution >= 0.6 is 23.5 Å². The fourth-order valence-electron chi connectivity index (χ4n) is 1.16. The van der Waals surface area contributed by atoms with E-state index in [1.807, 2.05) is 0 Å². The summed E-state index contributed by atoms with van der Waals surface area (Å²) < 4.78 is 16.6. The Morgan fingerprint density at radius 3 is 1.91 bits per heavy atom. The Labute approximate surface area is 70.6 Å². The minimum absolute atomic E-state index is 0.817. The molecule has 2 heterocycles. The highest BCUT2D eigenvalue weighted by molar-refractivity contribution is 7.00. The van der Waals surface area contributed by atoms with E-state index in [1.165, 1.54) is 23.5 Å². The average molecular weight is 182 g/mol. The Morgan fingerprint density at radius 2 is 1.36 bits per heavy atom. The molecule has 11 heavy (non-hydrogen) atoms. The lowest BCUT2D eigenvalue weighted by atomic mass is 10.4. The number of hydrogen-bond acceptors (Lipinski definition) is 6. The molecular formula is C5H2N4S2. The molecule has 2 aromatic heterocycles. The topological polar surface area (TPSA) is 51.6 Å². The molecule has 0 saturated carbocycles. The Bertz CT molecular complexity index is 366. The summed E-state index contributed by atoms with van der Waals surface area (Å²) in [4.78, 5) is 0. The molecule has 0 fully saturated rings. The maximum Gasteiger partial charge on any atom is 0.129 e. The van der Waals surface area contributed by atoms with Gasteiger partial charge in [0.25, 0.3) is 0 Å². The van der Waals surface area contributed by atoms with Crippen LogP contribution in [0.1, 0.15) is 11.4 Å². The molecule has 0 saturated heterocycles. The Hall–Kier alpha value is -0.880. The van der Waals surface area contributed by atoms with Gasteiger partial charge >= 0.3 is 0 Å². The molecule has 54 valence electrons. The van der Waals surface area contributed by atoms with Gasteiger partial charge in [-0.2, -0.15) is 17.5 Å². The first kappa shape index (κ1) is 5.73. The lowest BCUT2D eigenvalue weighted by Gasteiger charge is -1.78. The summed E-state index contributed by atoms with van der Waals surface area (Å²) in [7, 11) is 0. The van der Waals surface area contributed by atoms with Gasteiger partial charge in [-0.25, -0.2) is 0 Å². The standard InChI is InChI=1S/C5H2N4S2/c1-2-4(8-10-6-2)5-3(1)7-11-9-5/h1H2. The molecule has 3 rings (SSSR count). The van der Waals surface area contributed by atoms with Crippen LogP contribution in [0.4, 0.5) is 0 Å². The van der Waals surface area contributed by atoms with E-state index in [4.69, 9.17) is 0 Å². The van der Waals surface area contributed by atoms with Gasteiger partial charge in [0.15, 0.2) is 0 Å². The molecular weight excluding hydrogens is 180 g/mol. The third-order valence-corrected chi connectivity index (χ3v) is 2.80. The fraction of sp³-hybridized carbons (Fsp3) is 0.200. The van der Waals surface area contributed by atoms with Crippen molar-refractivity contribution in [3.63, 3.8) is 0 Å². The lowest BCUT2D eigenvalue weighted by Crippen LogP contribution is -1.79. The number of aromatic nitrogens is 4. The zero-order valence-corrected chi connectivity index (χ0v) is 6.95. The predicted octanol–water partition coefficient (Wildman–Crippen LogP) is 0.961. The zero-order chi connectivity index (χ0) is 7.26. The highest BCUT2D eigenvalue weighted by atomic mass is 32.1. The van der Waals surface area contributed by atoms with E-state index >= 15 is 0 Å². The highest BCUT2D eigenvalue weighted by Gasteiger charge is 2.26. The molecule has 0 bridgehead atoms. The molecule has 0 unspecified atom stereocenters. The van der Waals surface area contributed by atoms with Gasteiger partial charge in [-0.3, -0.25) is 0 Å². The number of hydrogen-bond donors (Lipinski definition) is 0. The van der Waals surface area contributed by atoms with E-state index in [-0.39, 0.29) is 0 Å². The summed E-state index contributed by atoms with van der Waals surface area (Å²) in [5.41, 5.74) is 3.96. The lowest BCUT2D eigenvalue weighted by molar-refractivity contribution is 1.14. The summed E-state index contributed by atoms with van der Waals surface area (Å²) in [5.74, 6) is 0. The van der Waals surface area contributed by atoms with Crippen molar-refractivity contribution in [3.8, 4) is 11.4 Å². The molecule has 0 radical (unpaired) electrons. The maximum atomic E-state index is 4.15. The van der Waals surface area contributed by atoms with E-state index in [2.05, 4.69) is 17.5 Å². The third-order valence-electron chi connectivity index (χ3n) is 1.67. The van der Waals surface area contributed by atoms with E-state index in [0.717, 1.165) is 29.2 Å². The van der Waals surface area contributed by atoms with Crippen molar-refractivity contribution in [3.05, 3.63) is 11.4 Å². The van der Waals surface area contributed by atoms with Crippen molar-refractivity contribution in [2.75, 3.05) is 0 Å². The monoisotopic (exact) mass is 182 g/mol. The Kier molecular flexibility index (Phi) is 0.954. The smallest absolute Gasteiger partial charge is 0.129 e. The van der Waals surface area contributed by atoms with E-state index in [1.54, 1.807) is 0 Å². The number of fused-ring (bicyclic) bond motifs is 3. The molecule has 0 N–H and O–H groups in total. The molecule has 4 nitrogen and oxygen atoms in total. The van der Waals surface area contributed by atoms with Crippen molar-refractivity contribution >= 4 is 23.5 Å². The van der Waals surface area contributed by atoms with Gasteiger partial charge in [0.1, 0.15) is 11.4 Å². The van der Waals surface area contributed by atoms with Crippen molar-refractivity contribution in [1.82, 2.24) is 17.5 Å². The summed E-state index contributed by atoms with van der Waals surface area (Å²) in [6.07, 6.45) is 0.817. The van der Waals surface area contributed by atoms with Crippen molar-refractivity contribution in [2.45, 2.75) is 6.42 Å². The van der Waals surface area contributed by atoms with E-state index in [9.17, 15) is 0 Å². The van der Waals surface area contributed by atoms with Crippen LogP contribution in [0.3, 0.4) is 0 Å². The number of nitrogens with zero attached hydrogens (tertiary/aromatic N) is 4. The van der Waals surface area contributed by atoms with Crippen LogP contribution in [0.2, 0.25) is 0 Å². The average Bonchev–Trinajstić information content (AvgIpc) is 2.52. The van der Waals surface area contributed by atoms with Crippen LogP contribution in [0.15, 0.2) is 0 Å². The minimum atomic E-state index is 0.817. The van der Waals surface area contributed by atoms with Crippen molar-refractivity contribution in [2.24, 2.45) is 0 Å². The van der Waals surface area contributed by atoms with Crippen LogP contribution < -0.4 is 0 Å². The van der Waals surface area contributed by atoms with Crippen LogP contribution in [0, 0.1) is 0 Å². The molecule has 0 aromatic carbocycles. The van der Waals surface area contributed by atoms with Gasteiger partial charge in [0, 0.05) is 6.42 Å². The summed E-state index contributed by atoms with van der Waals surface area (Å²) in [6.45, 7) is 0. The van der Waals surface area contributed by atoms with E-state index in [0.29, 0.717) is 0 Å². The van der Waals surface area contributed by atoms with Gasteiger partial charge in [0.2, 0.25) is 0 Å². The van der Waals surface area contributed by atoms with E-state index < -0.39 is 0 Å². The molecule has 0 aliphatic heterocycles. The molecule has 2 aromatic rings. The fourth-order valence-corrected chi connectivity index (χ4v) is 2.29. The first-order valence-electron chi connectivity index (χ1n) is 3.08. The van der Waals surface area contributed by atoms with Gasteiger partial charge < -0.3 is 0 Å². The third kappa shape index (κ3) is 0.629. The second-order valence-corrected chi connectivity index (χ2v) is 3.35. The molecule has 1 aliphatic carbocycles. The maximum absolute atomic E-state index is 4.15. The van der Waals surface area contributed by atoms with Crippen LogP contribution in [0.5, 0.6) is 0 Å². The van der Waals surface area contributed by atoms with Gasteiger partial charge in [-0.05, 0) is 0 Å². The SMILES string of the molecule is C1c2nsnc2-c2nsnc21. The Morgan fingerprint density at radius 1 is 0.818 bits per heavy atom. The predicted molar refractivity (Wildman–Crippen MR) is 41.6 cm³/mol. The van der Waals surface area contributed by atoms with Crippen LogP contribution in [-0.4, -0.2) is 17.5 Å². The minimum Gasteiger partial charge on any atom is -0.177 e. The molecule has 0 atom stereocenters.